The molecular formula is C19H20O6. The van der Waals surface area contributed by atoms with Crippen molar-refractivity contribution in [2.24, 2.45) is 0 Å². The average molecular weight is 344 g/mol. The Morgan fingerprint density at radius 1 is 1.16 bits per heavy atom. The van der Waals surface area contributed by atoms with Crippen molar-refractivity contribution in [1.82, 2.24) is 0 Å². The highest BCUT2D eigenvalue weighted by Crippen LogP contribution is 2.42. The van der Waals surface area contributed by atoms with Gasteiger partial charge in [-0.3, -0.25) is 0 Å². The highest BCUT2D eigenvalue weighted by Gasteiger charge is 2.39. The van der Waals surface area contributed by atoms with E-state index in [0.717, 1.165) is 6.42 Å². The van der Waals surface area contributed by atoms with Crippen LogP contribution < -0.4 is 18.9 Å². The molecule has 2 aromatic carbocycles. The zero-order valence-corrected chi connectivity index (χ0v) is 14.1. The summed E-state index contributed by atoms with van der Waals surface area (Å²) < 4.78 is 22.7. The molecule has 1 N–H and O–H groups in total. The van der Waals surface area contributed by atoms with Crippen LogP contribution in [0.3, 0.4) is 0 Å². The number of rotatable bonds is 6. The molecule has 1 heterocycles. The molecule has 1 aliphatic heterocycles. The van der Waals surface area contributed by atoms with Crippen LogP contribution in [0.25, 0.3) is 0 Å². The van der Waals surface area contributed by atoms with Crippen LogP contribution in [0, 0.1) is 0 Å². The van der Waals surface area contributed by atoms with Gasteiger partial charge in [0, 0.05) is 11.6 Å². The fraction of sp³-hybridized carbons (Fsp3) is 0.316. The van der Waals surface area contributed by atoms with Gasteiger partial charge in [-0.1, -0.05) is 19.1 Å². The maximum Gasteiger partial charge on any atom is 0.349 e. The lowest BCUT2D eigenvalue weighted by atomic mass is 10.0. The van der Waals surface area contributed by atoms with E-state index in [1.54, 1.807) is 43.5 Å². The summed E-state index contributed by atoms with van der Waals surface area (Å²) in [5.74, 6) is 0.967. The Morgan fingerprint density at radius 2 is 1.88 bits per heavy atom. The molecule has 2 aromatic rings. The number of carbonyl (C=O) groups is 1. The highest BCUT2D eigenvalue weighted by atomic mass is 16.6. The van der Waals surface area contributed by atoms with Gasteiger partial charge in [-0.05, 0) is 30.7 Å². The number of carboxylic acids is 1. The summed E-state index contributed by atoms with van der Waals surface area (Å²) >= 11 is 0. The molecular weight excluding hydrogens is 324 g/mol. The van der Waals surface area contributed by atoms with Crippen molar-refractivity contribution in [3.05, 3.63) is 48.0 Å². The monoisotopic (exact) mass is 344 g/mol. The molecule has 0 aliphatic carbocycles. The molecule has 0 saturated carbocycles. The van der Waals surface area contributed by atoms with Crippen LogP contribution >= 0.6 is 0 Å². The third-order valence-corrected chi connectivity index (χ3v) is 3.86. The van der Waals surface area contributed by atoms with Gasteiger partial charge in [0.25, 0.3) is 0 Å². The van der Waals surface area contributed by atoms with Crippen LogP contribution in [0.4, 0.5) is 0 Å². The van der Waals surface area contributed by atoms with Crippen LogP contribution in [-0.2, 0) is 4.79 Å². The van der Waals surface area contributed by atoms with Crippen molar-refractivity contribution in [2.75, 3.05) is 13.7 Å². The molecule has 0 aromatic heterocycles. The summed E-state index contributed by atoms with van der Waals surface area (Å²) in [7, 11) is 1.56. The maximum atomic E-state index is 11.7. The number of fused-ring (bicyclic) bond motifs is 1. The topological polar surface area (TPSA) is 74.2 Å². The zero-order valence-electron chi connectivity index (χ0n) is 14.1. The Labute approximate surface area is 145 Å². The fourth-order valence-corrected chi connectivity index (χ4v) is 2.66. The second-order valence-electron chi connectivity index (χ2n) is 5.61. The summed E-state index contributed by atoms with van der Waals surface area (Å²) in [6.07, 6.45) is -1.18. The molecule has 0 fully saturated rings. The second kappa shape index (κ2) is 7.34. The van der Waals surface area contributed by atoms with Gasteiger partial charge in [-0.25, -0.2) is 4.79 Å². The summed E-state index contributed by atoms with van der Waals surface area (Å²) in [4.78, 5) is 11.7. The maximum absolute atomic E-state index is 11.7. The lowest BCUT2D eigenvalue weighted by molar-refractivity contribution is -0.151. The molecule has 0 bridgehead atoms. The Hall–Kier alpha value is -2.89. The summed E-state index contributed by atoms with van der Waals surface area (Å²) in [6.45, 7) is 2.50. The SMILES string of the molecule is CCCOc1cc(OC)ccc1C1Oc2ccccc2OC1C(=O)O. The van der Waals surface area contributed by atoms with Gasteiger partial charge in [-0.15, -0.1) is 0 Å². The Balaban J connectivity index is 2.02. The predicted molar refractivity (Wildman–Crippen MR) is 90.6 cm³/mol. The summed E-state index contributed by atoms with van der Waals surface area (Å²) in [5, 5.41) is 9.59. The minimum absolute atomic E-state index is 0.413. The molecule has 1 aliphatic rings. The Morgan fingerprint density at radius 3 is 2.52 bits per heavy atom. The van der Waals surface area contributed by atoms with Gasteiger partial charge >= 0.3 is 5.97 Å². The lowest BCUT2D eigenvalue weighted by Crippen LogP contribution is -2.39. The van der Waals surface area contributed by atoms with Crippen LogP contribution in [-0.4, -0.2) is 30.9 Å². The van der Waals surface area contributed by atoms with Gasteiger partial charge in [0.05, 0.1) is 13.7 Å². The van der Waals surface area contributed by atoms with E-state index in [9.17, 15) is 9.90 Å². The van der Waals surface area contributed by atoms with E-state index in [2.05, 4.69) is 0 Å². The second-order valence-corrected chi connectivity index (χ2v) is 5.61. The molecule has 2 unspecified atom stereocenters. The molecule has 0 saturated heterocycles. The van der Waals surface area contributed by atoms with E-state index >= 15 is 0 Å². The van der Waals surface area contributed by atoms with E-state index in [1.807, 2.05) is 13.0 Å². The number of carboxylic acid groups (broad SMARTS) is 1. The summed E-state index contributed by atoms with van der Waals surface area (Å²) in [5.41, 5.74) is 0.608. The molecule has 0 amide bonds. The first-order valence-corrected chi connectivity index (χ1v) is 8.10. The Kier molecular flexibility index (Phi) is 4.97. The third-order valence-electron chi connectivity index (χ3n) is 3.86. The van der Waals surface area contributed by atoms with Gasteiger partial charge in [0.15, 0.2) is 17.6 Å². The van der Waals surface area contributed by atoms with Crippen LogP contribution in [0.1, 0.15) is 25.0 Å². The number of hydrogen-bond acceptors (Lipinski definition) is 5. The largest absolute Gasteiger partial charge is 0.497 e. The zero-order chi connectivity index (χ0) is 17.8. The molecule has 25 heavy (non-hydrogen) atoms. The van der Waals surface area contributed by atoms with Crippen molar-refractivity contribution < 1.29 is 28.8 Å². The van der Waals surface area contributed by atoms with Gasteiger partial charge in [0.2, 0.25) is 6.10 Å². The van der Waals surface area contributed by atoms with E-state index < -0.39 is 18.2 Å². The number of hydrogen-bond donors (Lipinski definition) is 1. The molecule has 6 heteroatoms. The minimum Gasteiger partial charge on any atom is -0.497 e. The normalized spacial score (nSPS) is 18.5. The molecule has 2 atom stereocenters. The smallest absolute Gasteiger partial charge is 0.349 e. The average Bonchev–Trinajstić information content (AvgIpc) is 2.65. The van der Waals surface area contributed by atoms with Crippen LogP contribution in [0.15, 0.2) is 42.5 Å². The summed E-state index contributed by atoms with van der Waals surface area (Å²) in [6, 6.07) is 12.2. The van der Waals surface area contributed by atoms with Gasteiger partial charge in [-0.2, -0.15) is 0 Å². The molecule has 3 rings (SSSR count). The first-order chi connectivity index (χ1) is 12.1. The van der Waals surface area contributed by atoms with Crippen molar-refractivity contribution in [2.45, 2.75) is 25.6 Å². The number of methoxy groups -OCH3 is 1. The Bertz CT molecular complexity index is 757. The number of benzene rings is 2. The van der Waals surface area contributed by atoms with Crippen LogP contribution in [0.5, 0.6) is 23.0 Å². The van der Waals surface area contributed by atoms with E-state index in [1.165, 1.54) is 0 Å². The predicted octanol–water partition coefficient (Wildman–Crippen LogP) is 3.45. The molecule has 6 nitrogen and oxygen atoms in total. The number of aliphatic carboxylic acids is 1. The van der Waals surface area contributed by atoms with Gasteiger partial charge < -0.3 is 24.1 Å². The first kappa shape index (κ1) is 17.0. The minimum atomic E-state index is -1.17. The molecule has 0 radical (unpaired) electrons. The highest BCUT2D eigenvalue weighted by molar-refractivity contribution is 5.75. The fourth-order valence-electron chi connectivity index (χ4n) is 2.66. The molecule has 0 spiro atoms. The molecule has 132 valence electrons. The van der Waals surface area contributed by atoms with E-state index in [0.29, 0.717) is 35.2 Å². The van der Waals surface area contributed by atoms with Crippen molar-refractivity contribution in [3.8, 4) is 23.0 Å². The van der Waals surface area contributed by atoms with Crippen molar-refractivity contribution >= 4 is 5.97 Å². The van der Waals surface area contributed by atoms with Crippen molar-refractivity contribution in [3.63, 3.8) is 0 Å². The standard InChI is InChI=1S/C19H20O6/c1-3-10-23-16-11-12(22-2)8-9-13(16)17-18(19(20)21)25-15-7-5-4-6-14(15)24-17/h4-9,11,17-18H,3,10H2,1-2H3,(H,20,21). The first-order valence-electron chi connectivity index (χ1n) is 8.10. The van der Waals surface area contributed by atoms with Crippen LogP contribution in [0.2, 0.25) is 0 Å². The third kappa shape index (κ3) is 3.47. The van der Waals surface area contributed by atoms with E-state index in [4.69, 9.17) is 18.9 Å². The lowest BCUT2D eigenvalue weighted by Gasteiger charge is -2.32. The quantitative estimate of drug-likeness (QED) is 0.865. The number of para-hydroxylation sites is 2. The van der Waals surface area contributed by atoms with E-state index in [-0.39, 0.29) is 0 Å². The number of ether oxygens (including phenoxy) is 4. The van der Waals surface area contributed by atoms with Crippen molar-refractivity contribution in [1.29, 1.82) is 0 Å². The van der Waals surface area contributed by atoms with Gasteiger partial charge in [0.1, 0.15) is 11.5 Å².